The van der Waals surface area contributed by atoms with Gasteiger partial charge in [-0.15, -0.1) is 0 Å². The largest absolute Gasteiger partial charge is 0.314 e. The molecule has 0 radical (unpaired) electrons. The molecular weight excluding hydrogens is 442 g/mol. The highest BCUT2D eigenvalue weighted by Gasteiger charge is 2.33. The Labute approximate surface area is 228 Å². The van der Waals surface area contributed by atoms with Crippen LogP contribution in [0.25, 0.3) is 0 Å². The maximum atomic E-state index is 3.76. The lowest BCUT2D eigenvalue weighted by Gasteiger charge is -2.47. The molecule has 0 rings (SSSR count). The van der Waals surface area contributed by atoms with Crippen molar-refractivity contribution in [1.82, 2.24) is 24.9 Å². The fourth-order valence-corrected chi connectivity index (χ4v) is 5.78. The highest BCUT2D eigenvalue weighted by Crippen LogP contribution is 2.26. The van der Waals surface area contributed by atoms with Gasteiger partial charge in [0.05, 0.1) is 0 Å². The molecule has 36 heavy (non-hydrogen) atoms. The van der Waals surface area contributed by atoms with E-state index in [1.165, 1.54) is 0 Å². The van der Waals surface area contributed by atoms with Crippen LogP contribution in [0.1, 0.15) is 118 Å². The van der Waals surface area contributed by atoms with Gasteiger partial charge in [0.15, 0.2) is 0 Å². The summed E-state index contributed by atoms with van der Waals surface area (Å²) in [5, 5.41) is 3.76. The number of hydrogen-bond acceptors (Lipinski definition) is 5. The summed E-state index contributed by atoms with van der Waals surface area (Å²) in [6, 6.07) is 0.556. The third-order valence-electron chi connectivity index (χ3n) is 7.26. The van der Waals surface area contributed by atoms with E-state index in [0.29, 0.717) is 6.04 Å². The molecule has 0 heterocycles. The van der Waals surface area contributed by atoms with Crippen molar-refractivity contribution in [2.24, 2.45) is 0 Å². The zero-order valence-corrected chi connectivity index (χ0v) is 28.0. The van der Waals surface area contributed by atoms with Crippen molar-refractivity contribution < 1.29 is 0 Å². The van der Waals surface area contributed by atoms with Crippen LogP contribution in [0.15, 0.2) is 0 Å². The highest BCUT2D eigenvalue weighted by molar-refractivity contribution is 4.89. The van der Waals surface area contributed by atoms with Gasteiger partial charge in [-0.05, 0) is 118 Å². The van der Waals surface area contributed by atoms with Gasteiger partial charge in [-0.3, -0.25) is 19.6 Å². The molecule has 0 spiro atoms. The Morgan fingerprint density at radius 1 is 0.444 bits per heavy atom. The Morgan fingerprint density at radius 2 is 0.806 bits per heavy atom. The number of nitrogens with one attached hydrogen (secondary N) is 1. The fourth-order valence-electron chi connectivity index (χ4n) is 5.78. The van der Waals surface area contributed by atoms with Gasteiger partial charge in [0.2, 0.25) is 0 Å². The molecule has 0 fully saturated rings. The quantitative estimate of drug-likeness (QED) is 0.298. The molecule has 0 aromatic carbocycles. The number of hydrogen-bond donors (Lipinski definition) is 1. The lowest BCUT2D eigenvalue weighted by Crippen LogP contribution is -2.56. The zero-order valence-electron chi connectivity index (χ0n) is 28.0. The van der Waals surface area contributed by atoms with Gasteiger partial charge in [-0.25, -0.2) is 0 Å². The van der Waals surface area contributed by atoms with Crippen LogP contribution in [0.3, 0.4) is 0 Å². The highest BCUT2D eigenvalue weighted by atomic mass is 15.3. The van der Waals surface area contributed by atoms with E-state index in [0.717, 1.165) is 52.4 Å². The average Bonchev–Trinajstić information content (AvgIpc) is 2.59. The van der Waals surface area contributed by atoms with Crippen molar-refractivity contribution in [1.29, 1.82) is 0 Å². The lowest BCUT2D eigenvalue weighted by molar-refractivity contribution is 0.0162. The second kappa shape index (κ2) is 13.7. The summed E-state index contributed by atoms with van der Waals surface area (Å²) in [5.41, 5.74) is 0.832. The summed E-state index contributed by atoms with van der Waals surface area (Å²) in [7, 11) is 0. The summed E-state index contributed by atoms with van der Waals surface area (Å²) < 4.78 is 0. The lowest BCUT2D eigenvalue weighted by atomic mass is 9.95. The Balaban J connectivity index is 4.88. The van der Waals surface area contributed by atoms with Crippen molar-refractivity contribution in [3.05, 3.63) is 0 Å². The van der Waals surface area contributed by atoms with E-state index in [-0.39, 0.29) is 27.7 Å². The van der Waals surface area contributed by atoms with E-state index in [4.69, 9.17) is 0 Å². The first-order valence-corrected chi connectivity index (χ1v) is 14.6. The Morgan fingerprint density at radius 3 is 1.14 bits per heavy atom. The van der Waals surface area contributed by atoms with Crippen LogP contribution >= 0.6 is 0 Å². The first kappa shape index (κ1) is 35.8. The second-order valence-electron chi connectivity index (χ2n) is 16.0. The van der Waals surface area contributed by atoms with Crippen molar-refractivity contribution >= 4 is 0 Å². The van der Waals surface area contributed by atoms with Crippen LogP contribution in [0.2, 0.25) is 0 Å². The summed E-state index contributed by atoms with van der Waals surface area (Å²) in [5.74, 6) is 0. The Bertz CT molecular complexity index is 565. The summed E-state index contributed by atoms with van der Waals surface area (Å²) in [6.45, 7) is 48.4. The minimum atomic E-state index is 0.163. The third kappa shape index (κ3) is 13.6. The molecule has 0 aliphatic rings. The number of rotatable bonds is 13. The van der Waals surface area contributed by atoms with E-state index < -0.39 is 0 Å². The van der Waals surface area contributed by atoms with Gasteiger partial charge in [-0.2, -0.15) is 0 Å². The Hall–Kier alpha value is -0.200. The van der Waals surface area contributed by atoms with Crippen LogP contribution in [0.4, 0.5) is 0 Å². The molecule has 0 unspecified atom stereocenters. The van der Waals surface area contributed by atoms with Crippen molar-refractivity contribution in [3.63, 3.8) is 0 Å². The molecule has 218 valence electrons. The van der Waals surface area contributed by atoms with Gasteiger partial charge in [0, 0.05) is 86.1 Å². The average molecular weight is 512 g/mol. The topological polar surface area (TPSA) is 25.0 Å². The molecule has 0 aromatic rings. The van der Waals surface area contributed by atoms with E-state index in [1.807, 2.05) is 0 Å². The second-order valence-corrected chi connectivity index (χ2v) is 16.0. The minimum absolute atomic E-state index is 0.163. The molecule has 0 saturated carbocycles. The molecule has 0 bridgehead atoms. The smallest absolute Gasteiger partial charge is 0.0130 e. The molecule has 5 heteroatoms. The maximum absolute atomic E-state index is 3.76. The normalized spacial score (nSPS) is 14.8. The standard InChI is InChI=1S/C31H69N5/c1-26(2)33(22-24-35(28(6,7)8)29(9,10)11)20-18-32-19-21-34(27(3,4)5)23-25-36(30(12,13)14)31(15,16)17/h26,32H,18-25H2,1-17H3. The van der Waals surface area contributed by atoms with Gasteiger partial charge in [0.1, 0.15) is 0 Å². The van der Waals surface area contributed by atoms with Crippen molar-refractivity contribution in [2.45, 2.75) is 151 Å². The fraction of sp³-hybridized carbons (Fsp3) is 1.00. The molecule has 0 saturated heterocycles. The predicted molar refractivity (Wildman–Crippen MR) is 163 cm³/mol. The van der Waals surface area contributed by atoms with Crippen molar-refractivity contribution in [3.8, 4) is 0 Å². The molecule has 0 amide bonds. The van der Waals surface area contributed by atoms with Gasteiger partial charge < -0.3 is 5.32 Å². The van der Waals surface area contributed by atoms with E-state index in [9.17, 15) is 0 Å². The summed E-state index contributed by atoms with van der Waals surface area (Å²) in [6.07, 6.45) is 0. The van der Waals surface area contributed by atoms with Crippen LogP contribution in [0, 0.1) is 0 Å². The van der Waals surface area contributed by atoms with Crippen LogP contribution in [0.5, 0.6) is 0 Å². The molecule has 5 nitrogen and oxygen atoms in total. The van der Waals surface area contributed by atoms with Gasteiger partial charge >= 0.3 is 0 Å². The minimum Gasteiger partial charge on any atom is -0.314 e. The number of nitrogens with zero attached hydrogens (tertiary/aromatic N) is 4. The van der Waals surface area contributed by atoms with Crippen LogP contribution in [-0.2, 0) is 0 Å². The molecule has 0 aromatic heterocycles. The Kier molecular flexibility index (Phi) is 13.7. The first-order chi connectivity index (χ1) is 15.9. The van der Waals surface area contributed by atoms with E-state index in [1.54, 1.807) is 0 Å². The zero-order chi connectivity index (χ0) is 28.8. The molecular formula is C31H69N5. The SMILES string of the molecule is CC(C)N(CCNCCN(CCN(C(C)(C)C)C(C)(C)C)C(C)(C)C)CCN(C(C)(C)C)C(C)(C)C. The monoisotopic (exact) mass is 512 g/mol. The maximum Gasteiger partial charge on any atom is 0.0130 e. The first-order valence-electron chi connectivity index (χ1n) is 14.6. The molecule has 0 atom stereocenters. The molecule has 0 aliphatic heterocycles. The molecule has 1 N–H and O–H groups in total. The molecule has 0 aliphatic carbocycles. The third-order valence-corrected chi connectivity index (χ3v) is 7.26. The van der Waals surface area contributed by atoms with Crippen molar-refractivity contribution in [2.75, 3.05) is 52.4 Å². The van der Waals surface area contributed by atoms with E-state index >= 15 is 0 Å². The van der Waals surface area contributed by atoms with Gasteiger partial charge in [-0.1, -0.05) is 0 Å². The van der Waals surface area contributed by atoms with Crippen LogP contribution < -0.4 is 5.32 Å². The van der Waals surface area contributed by atoms with Gasteiger partial charge in [0.25, 0.3) is 0 Å². The summed E-state index contributed by atoms with van der Waals surface area (Å²) >= 11 is 0. The van der Waals surface area contributed by atoms with Crippen LogP contribution in [-0.4, -0.2) is 106 Å². The summed E-state index contributed by atoms with van der Waals surface area (Å²) in [4.78, 5) is 10.6. The van der Waals surface area contributed by atoms with E-state index in [2.05, 4.69) is 143 Å². The predicted octanol–water partition coefficient (Wildman–Crippen LogP) is 6.18.